The highest BCUT2D eigenvalue weighted by Crippen LogP contribution is 2.25. The monoisotopic (exact) mass is 331 g/mol. The molecule has 1 aromatic carbocycles. The number of hydrogen-bond acceptors (Lipinski definition) is 5. The summed E-state index contributed by atoms with van der Waals surface area (Å²) in [5.41, 5.74) is 4.97. The second kappa shape index (κ2) is 7.91. The van der Waals surface area contributed by atoms with E-state index in [4.69, 9.17) is 4.42 Å². The second-order valence-corrected chi connectivity index (χ2v) is 5.08. The molecule has 0 atom stereocenters. The number of rotatable bonds is 6. The quantitative estimate of drug-likeness (QED) is 0.624. The van der Waals surface area contributed by atoms with Crippen molar-refractivity contribution >= 4 is 17.5 Å². The van der Waals surface area contributed by atoms with Crippen molar-refractivity contribution in [3.63, 3.8) is 0 Å². The smallest absolute Gasteiger partial charge is 0.305 e. The van der Waals surface area contributed by atoms with Crippen LogP contribution in [0.2, 0.25) is 0 Å². The summed E-state index contributed by atoms with van der Waals surface area (Å²) in [4.78, 5) is 33.6. The van der Waals surface area contributed by atoms with Gasteiger partial charge >= 0.3 is 5.91 Å². The predicted molar refractivity (Wildman–Crippen MR) is 85.9 cm³/mol. The van der Waals surface area contributed by atoms with Crippen LogP contribution in [0.3, 0.4) is 0 Å². The molecule has 2 amide bonds. The molecule has 8 nitrogen and oxygen atoms in total. The van der Waals surface area contributed by atoms with Crippen LogP contribution < -0.4 is 10.9 Å². The van der Waals surface area contributed by atoms with Crippen molar-refractivity contribution in [2.45, 2.75) is 26.2 Å². The highest BCUT2D eigenvalue weighted by atomic mass is 16.6. The third-order valence-electron chi connectivity index (χ3n) is 3.24. The van der Waals surface area contributed by atoms with Crippen LogP contribution in [-0.4, -0.2) is 16.7 Å². The summed E-state index contributed by atoms with van der Waals surface area (Å²) in [6.07, 6.45) is 1.94. The number of furan rings is 1. The fourth-order valence-electron chi connectivity index (χ4n) is 1.98. The van der Waals surface area contributed by atoms with E-state index in [0.29, 0.717) is 17.7 Å². The molecule has 0 aliphatic heterocycles. The fraction of sp³-hybridized carbons (Fsp3) is 0.250. The zero-order valence-corrected chi connectivity index (χ0v) is 13.1. The molecule has 0 saturated carbocycles. The maximum Gasteiger partial charge on any atom is 0.305 e. The number of carbonyl (C=O) groups excluding carboxylic acids is 2. The minimum atomic E-state index is -0.600. The SMILES string of the molecule is CCCCC(=O)NNC(=O)c1ccc(-c2cccc([N+](=O)[O-])c2)o1. The molecule has 0 unspecified atom stereocenters. The summed E-state index contributed by atoms with van der Waals surface area (Å²) < 4.78 is 5.39. The Morgan fingerprint density at radius 2 is 2.00 bits per heavy atom. The number of nitrogens with one attached hydrogen (secondary N) is 2. The first-order chi connectivity index (χ1) is 11.5. The van der Waals surface area contributed by atoms with Crippen molar-refractivity contribution in [3.8, 4) is 11.3 Å². The number of nitrogens with zero attached hydrogens (tertiary/aromatic N) is 1. The van der Waals surface area contributed by atoms with Crippen LogP contribution in [0.15, 0.2) is 40.8 Å². The Morgan fingerprint density at radius 3 is 2.71 bits per heavy atom. The molecule has 2 N–H and O–H groups in total. The molecular formula is C16H17N3O5. The molecule has 0 spiro atoms. The molecule has 126 valence electrons. The molecule has 8 heteroatoms. The van der Waals surface area contributed by atoms with Crippen molar-refractivity contribution < 1.29 is 18.9 Å². The van der Waals surface area contributed by atoms with E-state index in [1.54, 1.807) is 6.07 Å². The number of hydrogen-bond donors (Lipinski definition) is 2. The molecule has 1 aromatic heterocycles. The van der Waals surface area contributed by atoms with Gasteiger partial charge in [-0.05, 0) is 18.6 Å². The van der Waals surface area contributed by atoms with Crippen molar-refractivity contribution in [2.24, 2.45) is 0 Å². The molecule has 1 heterocycles. The van der Waals surface area contributed by atoms with Gasteiger partial charge in [0, 0.05) is 24.1 Å². The van der Waals surface area contributed by atoms with Gasteiger partial charge in [0.05, 0.1) is 4.92 Å². The van der Waals surface area contributed by atoms with Gasteiger partial charge in [0.1, 0.15) is 5.76 Å². The number of amides is 2. The molecule has 0 saturated heterocycles. The van der Waals surface area contributed by atoms with Crippen LogP contribution in [0.4, 0.5) is 5.69 Å². The average molecular weight is 331 g/mol. The van der Waals surface area contributed by atoms with E-state index in [-0.39, 0.29) is 17.4 Å². The lowest BCUT2D eigenvalue weighted by molar-refractivity contribution is -0.384. The summed E-state index contributed by atoms with van der Waals surface area (Å²) in [6, 6.07) is 8.86. The zero-order valence-electron chi connectivity index (χ0n) is 13.1. The number of non-ortho nitro benzene ring substituents is 1. The van der Waals surface area contributed by atoms with Gasteiger partial charge in [-0.1, -0.05) is 25.5 Å². The molecule has 0 bridgehead atoms. The molecule has 0 aliphatic rings. The van der Waals surface area contributed by atoms with Gasteiger partial charge < -0.3 is 4.42 Å². The largest absolute Gasteiger partial charge is 0.451 e. The van der Waals surface area contributed by atoms with E-state index < -0.39 is 10.8 Å². The van der Waals surface area contributed by atoms with E-state index in [1.165, 1.54) is 30.3 Å². The van der Waals surface area contributed by atoms with Gasteiger partial charge in [-0.3, -0.25) is 30.6 Å². The third-order valence-corrected chi connectivity index (χ3v) is 3.24. The maximum absolute atomic E-state index is 11.9. The number of carbonyl (C=O) groups is 2. The van der Waals surface area contributed by atoms with Crippen molar-refractivity contribution in [2.75, 3.05) is 0 Å². The Bertz CT molecular complexity index is 754. The van der Waals surface area contributed by atoms with Gasteiger partial charge in [-0.15, -0.1) is 0 Å². The lowest BCUT2D eigenvalue weighted by atomic mass is 10.1. The van der Waals surface area contributed by atoms with Crippen LogP contribution in [0, 0.1) is 10.1 Å². The molecular weight excluding hydrogens is 314 g/mol. The van der Waals surface area contributed by atoms with Crippen LogP contribution in [-0.2, 0) is 4.79 Å². The molecule has 2 rings (SSSR count). The number of benzene rings is 1. The summed E-state index contributed by atoms with van der Waals surface area (Å²) in [7, 11) is 0. The minimum Gasteiger partial charge on any atom is -0.451 e. The molecule has 0 fully saturated rings. The van der Waals surface area contributed by atoms with Gasteiger partial charge in [-0.25, -0.2) is 0 Å². The first-order valence-corrected chi connectivity index (χ1v) is 7.45. The predicted octanol–water partition coefficient (Wildman–Crippen LogP) is 2.81. The summed E-state index contributed by atoms with van der Waals surface area (Å²) in [6.45, 7) is 1.96. The summed E-state index contributed by atoms with van der Waals surface area (Å²) >= 11 is 0. The lowest BCUT2D eigenvalue weighted by Gasteiger charge is -2.05. The fourth-order valence-corrected chi connectivity index (χ4v) is 1.98. The highest BCUT2D eigenvalue weighted by molar-refractivity contribution is 5.93. The average Bonchev–Trinajstić information content (AvgIpc) is 3.08. The van der Waals surface area contributed by atoms with E-state index in [0.717, 1.165) is 12.8 Å². The number of nitro groups is 1. The summed E-state index contributed by atoms with van der Waals surface area (Å²) in [5, 5.41) is 10.8. The van der Waals surface area contributed by atoms with Crippen molar-refractivity contribution in [3.05, 3.63) is 52.3 Å². The maximum atomic E-state index is 11.9. The zero-order chi connectivity index (χ0) is 17.5. The Balaban J connectivity index is 2.02. The topological polar surface area (TPSA) is 114 Å². The van der Waals surface area contributed by atoms with E-state index in [1.807, 2.05) is 6.92 Å². The van der Waals surface area contributed by atoms with Crippen LogP contribution >= 0.6 is 0 Å². The van der Waals surface area contributed by atoms with E-state index in [2.05, 4.69) is 10.9 Å². The summed E-state index contributed by atoms with van der Waals surface area (Å²) in [5.74, 6) is -0.569. The van der Waals surface area contributed by atoms with Crippen LogP contribution in [0.1, 0.15) is 36.7 Å². The van der Waals surface area contributed by atoms with Crippen molar-refractivity contribution in [1.82, 2.24) is 10.9 Å². The van der Waals surface area contributed by atoms with Crippen LogP contribution in [0.5, 0.6) is 0 Å². The van der Waals surface area contributed by atoms with E-state index in [9.17, 15) is 19.7 Å². The Morgan fingerprint density at radius 1 is 1.21 bits per heavy atom. The number of nitro benzene ring substituents is 1. The number of unbranched alkanes of at least 4 members (excludes halogenated alkanes) is 1. The van der Waals surface area contributed by atoms with Gasteiger partial charge in [-0.2, -0.15) is 0 Å². The Kier molecular flexibility index (Phi) is 5.67. The van der Waals surface area contributed by atoms with E-state index >= 15 is 0 Å². The number of hydrazine groups is 1. The molecule has 2 aromatic rings. The molecule has 24 heavy (non-hydrogen) atoms. The first kappa shape index (κ1) is 17.2. The van der Waals surface area contributed by atoms with Crippen molar-refractivity contribution in [1.29, 1.82) is 0 Å². The molecule has 0 aliphatic carbocycles. The van der Waals surface area contributed by atoms with Gasteiger partial charge in [0.25, 0.3) is 5.69 Å². The minimum absolute atomic E-state index is 0.00713. The lowest BCUT2D eigenvalue weighted by Crippen LogP contribution is -2.41. The highest BCUT2D eigenvalue weighted by Gasteiger charge is 2.14. The van der Waals surface area contributed by atoms with Gasteiger partial charge in [0.15, 0.2) is 5.76 Å². The van der Waals surface area contributed by atoms with Gasteiger partial charge in [0.2, 0.25) is 5.91 Å². The van der Waals surface area contributed by atoms with Crippen LogP contribution in [0.25, 0.3) is 11.3 Å². The second-order valence-electron chi connectivity index (χ2n) is 5.08. The third kappa shape index (κ3) is 4.42. The molecule has 0 radical (unpaired) electrons. The Hall–Kier alpha value is -3.16. The normalized spacial score (nSPS) is 10.2. The standard InChI is InChI=1S/C16H17N3O5/c1-2-3-7-15(20)17-18-16(21)14-9-8-13(24-14)11-5-4-6-12(10-11)19(22)23/h4-6,8-10H,2-3,7H2,1H3,(H,17,20)(H,18,21). The first-order valence-electron chi connectivity index (χ1n) is 7.45. The Labute approximate surface area is 138 Å².